The molecule has 0 aliphatic rings. The Morgan fingerprint density at radius 2 is 1.61 bits per heavy atom. The van der Waals surface area contributed by atoms with Crippen LogP contribution in [-0.2, 0) is 6.54 Å². The number of pyridine rings is 1. The van der Waals surface area contributed by atoms with Gasteiger partial charge in [0, 0.05) is 13.6 Å². The summed E-state index contributed by atoms with van der Waals surface area (Å²) in [4.78, 5) is 31.1. The molecule has 3 aromatic rings. The summed E-state index contributed by atoms with van der Waals surface area (Å²) in [5.74, 6) is -0.119. The summed E-state index contributed by atoms with van der Waals surface area (Å²) in [5, 5.41) is 2.76. The molecule has 1 N–H and O–H groups in total. The lowest BCUT2D eigenvalue weighted by atomic mass is 10.2. The molecule has 0 atom stereocenters. The van der Waals surface area contributed by atoms with Gasteiger partial charge in [-0.1, -0.05) is 48.5 Å². The maximum Gasteiger partial charge on any atom is 0.274 e. The van der Waals surface area contributed by atoms with Crippen molar-refractivity contribution in [2.75, 3.05) is 19.5 Å². The van der Waals surface area contributed by atoms with Gasteiger partial charge in [0.2, 0.25) is 0 Å². The van der Waals surface area contributed by atoms with Crippen LogP contribution in [0.1, 0.15) is 26.5 Å². The minimum atomic E-state index is -0.412. The Balaban J connectivity index is 1.74. The number of methoxy groups -OCH3 is 1. The van der Waals surface area contributed by atoms with E-state index in [1.165, 1.54) is 7.11 Å². The highest BCUT2D eigenvalue weighted by Gasteiger charge is 2.17. The van der Waals surface area contributed by atoms with Crippen LogP contribution in [0.25, 0.3) is 0 Å². The second-order valence-corrected chi connectivity index (χ2v) is 6.21. The Kier molecular flexibility index (Phi) is 6.01. The normalized spacial score (nSPS) is 10.2. The van der Waals surface area contributed by atoms with Crippen molar-refractivity contribution < 1.29 is 14.3 Å². The smallest absolute Gasteiger partial charge is 0.274 e. The van der Waals surface area contributed by atoms with E-state index in [1.54, 1.807) is 48.3 Å². The fraction of sp³-hybridized carbons (Fsp3) is 0.136. The van der Waals surface area contributed by atoms with Gasteiger partial charge in [-0.05, 0) is 29.8 Å². The summed E-state index contributed by atoms with van der Waals surface area (Å²) >= 11 is 0. The van der Waals surface area contributed by atoms with Gasteiger partial charge in [0.15, 0.2) is 0 Å². The molecule has 0 saturated carbocycles. The Hall–Kier alpha value is -3.67. The van der Waals surface area contributed by atoms with Crippen LogP contribution in [0.3, 0.4) is 0 Å². The molecule has 28 heavy (non-hydrogen) atoms. The highest BCUT2D eigenvalue weighted by Crippen LogP contribution is 2.23. The van der Waals surface area contributed by atoms with Crippen molar-refractivity contribution in [3.8, 4) is 5.75 Å². The molecule has 0 spiro atoms. The van der Waals surface area contributed by atoms with Crippen molar-refractivity contribution in [2.24, 2.45) is 0 Å². The number of rotatable bonds is 6. The van der Waals surface area contributed by atoms with Gasteiger partial charge in [0.05, 0.1) is 12.8 Å². The van der Waals surface area contributed by atoms with E-state index in [-0.39, 0.29) is 17.3 Å². The Bertz CT molecular complexity index is 974. The maximum absolute atomic E-state index is 12.7. The largest absolute Gasteiger partial charge is 0.495 e. The van der Waals surface area contributed by atoms with Crippen molar-refractivity contribution >= 4 is 17.5 Å². The predicted octanol–water partition coefficient (Wildman–Crippen LogP) is 3.61. The summed E-state index contributed by atoms with van der Waals surface area (Å²) in [6.07, 6.45) is 0. The summed E-state index contributed by atoms with van der Waals surface area (Å²) in [5.41, 5.74) is 1.93. The van der Waals surface area contributed by atoms with Gasteiger partial charge in [-0.2, -0.15) is 0 Å². The van der Waals surface area contributed by atoms with E-state index >= 15 is 0 Å². The second-order valence-electron chi connectivity index (χ2n) is 6.21. The Labute approximate surface area is 163 Å². The number of nitrogens with zero attached hydrogens (tertiary/aromatic N) is 2. The minimum Gasteiger partial charge on any atom is -0.495 e. The molecule has 0 radical (unpaired) electrons. The summed E-state index contributed by atoms with van der Waals surface area (Å²) in [6.45, 7) is 0.457. The first-order chi connectivity index (χ1) is 13.6. The van der Waals surface area contributed by atoms with E-state index in [2.05, 4.69) is 10.3 Å². The molecular weight excluding hydrogens is 354 g/mol. The standard InChI is InChI=1S/C22H21N3O3/c1-25(15-16-9-4-3-5-10-16)22(27)19-13-8-12-18(23-19)21(26)24-17-11-6-7-14-20(17)28-2/h3-14H,15H2,1-2H3,(H,24,26). The highest BCUT2D eigenvalue weighted by molar-refractivity contribution is 6.04. The van der Waals surface area contributed by atoms with Gasteiger partial charge < -0.3 is 15.0 Å². The lowest BCUT2D eigenvalue weighted by molar-refractivity contribution is 0.0779. The van der Waals surface area contributed by atoms with Gasteiger partial charge in [0.1, 0.15) is 17.1 Å². The molecule has 6 nitrogen and oxygen atoms in total. The van der Waals surface area contributed by atoms with Crippen LogP contribution in [-0.4, -0.2) is 35.9 Å². The number of carbonyl (C=O) groups excluding carboxylic acids is 2. The number of aromatic nitrogens is 1. The van der Waals surface area contributed by atoms with E-state index < -0.39 is 5.91 Å². The third-order valence-electron chi connectivity index (χ3n) is 4.17. The van der Waals surface area contributed by atoms with E-state index in [4.69, 9.17) is 4.74 Å². The average molecular weight is 375 g/mol. The topological polar surface area (TPSA) is 71.5 Å². The van der Waals surface area contributed by atoms with E-state index in [0.717, 1.165) is 5.56 Å². The van der Waals surface area contributed by atoms with Crippen LogP contribution < -0.4 is 10.1 Å². The van der Waals surface area contributed by atoms with Crippen molar-refractivity contribution in [1.29, 1.82) is 0 Å². The van der Waals surface area contributed by atoms with Gasteiger partial charge in [-0.25, -0.2) is 4.98 Å². The minimum absolute atomic E-state index is 0.157. The molecule has 0 unspecified atom stereocenters. The number of benzene rings is 2. The summed E-state index contributed by atoms with van der Waals surface area (Å²) in [7, 11) is 3.24. The SMILES string of the molecule is COc1ccccc1NC(=O)c1cccc(C(=O)N(C)Cc2ccccc2)n1. The van der Waals surface area contributed by atoms with E-state index in [0.29, 0.717) is 18.0 Å². The number of carbonyl (C=O) groups is 2. The first-order valence-electron chi connectivity index (χ1n) is 8.79. The van der Waals surface area contributed by atoms with Crippen molar-refractivity contribution in [1.82, 2.24) is 9.88 Å². The maximum atomic E-state index is 12.7. The van der Waals surface area contributed by atoms with Crippen LogP contribution >= 0.6 is 0 Å². The number of hydrogen-bond acceptors (Lipinski definition) is 4. The first-order valence-corrected chi connectivity index (χ1v) is 8.79. The molecule has 0 aliphatic heterocycles. The zero-order chi connectivity index (χ0) is 19.9. The summed E-state index contributed by atoms with van der Waals surface area (Å²) < 4.78 is 5.24. The number of para-hydroxylation sites is 2. The predicted molar refractivity (Wildman–Crippen MR) is 107 cm³/mol. The summed E-state index contributed by atoms with van der Waals surface area (Å²) in [6, 6.07) is 21.6. The first kappa shape index (κ1) is 19.1. The van der Waals surface area contributed by atoms with Crippen molar-refractivity contribution in [3.63, 3.8) is 0 Å². The van der Waals surface area contributed by atoms with Crippen molar-refractivity contribution in [3.05, 3.63) is 89.7 Å². The Morgan fingerprint density at radius 1 is 0.929 bits per heavy atom. The number of amides is 2. The zero-order valence-electron chi connectivity index (χ0n) is 15.8. The third-order valence-corrected chi connectivity index (χ3v) is 4.17. The molecule has 142 valence electrons. The molecule has 3 rings (SSSR count). The van der Waals surface area contributed by atoms with Crippen molar-refractivity contribution in [2.45, 2.75) is 6.54 Å². The molecule has 1 heterocycles. The van der Waals surface area contributed by atoms with Crippen LogP contribution in [0.15, 0.2) is 72.8 Å². The molecular formula is C22H21N3O3. The zero-order valence-corrected chi connectivity index (χ0v) is 15.8. The van der Waals surface area contributed by atoms with Gasteiger partial charge in [-0.3, -0.25) is 9.59 Å². The van der Waals surface area contributed by atoms with Crippen LogP contribution in [0.5, 0.6) is 5.75 Å². The van der Waals surface area contributed by atoms with Crippen LogP contribution in [0.2, 0.25) is 0 Å². The second kappa shape index (κ2) is 8.81. The fourth-order valence-corrected chi connectivity index (χ4v) is 2.74. The van der Waals surface area contributed by atoms with Crippen LogP contribution in [0.4, 0.5) is 5.69 Å². The molecule has 6 heteroatoms. The monoisotopic (exact) mass is 375 g/mol. The number of ether oxygens (including phenoxy) is 1. The molecule has 0 saturated heterocycles. The average Bonchev–Trinajstić information content (AvgIpc) is 2.74. The Morgan fingerprint density at radius 3 is 2.36 bits per heavy atom. The fourth-order valence-electron chi connectivity index (χ4n) is 2.74. The van der Waals surface area contributed by atoms with E-state index in [1.807, 2.05) is 36.4 Å². The molecule has 0 fully saturated rings. The number of nitrogens with one attached hydrogen (secondary N) is 1. The van der Waals surface area contributed by atoms with Gasteiger partial charge >= 0.3 is 0 Å². The third kappa shape index (κ3) is 4.54. The molecule has 0 bridgehead atoms. The number of hydrogen-bond donors (Lipinski definition) is 1. The van der Waals surface area contributed by atoms with Gasteiger partial charge in [0.25, 0.3) is 11.8 Å². The van der Waals surface area contributed by atoms with E-state index in [9.17, 15) is 9.59 Å². The van der Waals surface area contributed by atoms with Gasteiger partial charge in [-0.15, -0.1) is 0 Å². The number of anilines is 1. The molecule has 0 aliphatic carbocycles. The lowest BCUT2D eigenvalue weighted by Gasteiger charge is -2.17. The lowest BCUT2D eigenvalue weighted by Crippen LogP contribution is -2.27. The highest BCUT2D eigenvalue weighted by atomic mass is 16.5. The quantitative estimate of drug-likeness (QED) is 0.714. The molecule has 2 amide bonds. The van der Waals surface area contributed by atoms with Crippen LogP contribution in [0, 0.1) is 0 Å². The molecule has 1 aromatic heterocycles. The molecule has 2 aromatic carbocycles.